The Labute approximate surface area is 186 Å². The van der Waals surface area contributed by atoms with Crippen molar-refractivity contribution in [3.8, 4) is 0 Å². The second-order valence-electron chi connectivity index (χ2n) is 8.20. The van der Waals surface area contributed by atoms with E-state index < -0.39 is 0 Å². The number of hydrogen-bond acceptors (Lipinski definition) is 2. The molecule has 1 N–H and O–H groups in total. The Bertz CT molecular complexity index is 1300. The van der Waals surface area contributed by atoms with Crippen molar-refractivity contribution in [1.29, 1.82) is 0 Å². The third-order valence-corrected chi connectivity index (χ3v) is 6.86. The van der Waals surface area contributed by atoms with Crippen LogP contribution in [0, 0.1) is 0 Å². The van der Waals surface area contributed by atoms with Gasteiger partial charge in [-0.05, 0) is 35.0 Å². The third-order valence-electron chi connectivity index (χ3n) is 6.43. The predicted molar refractivity (Wildman–Crippen MR) is 126 cm³/mol. The second kappa shape index (κ2) is 7.06. The molecular weight excluding hydrogens is 402 g/mol. The maximum Gasteiger partial charge on any atom is 0.252 e. The number of amides is 1. The van der Waals surface area contributed by atoms with E-state index in [-0.39, 0.29) is 18.0 Å². The lowest BCUT2D eigenvalue weighted by molar-refractivity contribution is -0.128. The molecule has 2 aliphatic heterocycles. The number of carbonyl (C=O) groups excluding carboxylic acids is 1. The molecule has 0 unspecified atom stereocenters. The Kier molecular flexibility index (Phi) is 4.18. The molecule has 3 heterocycles. The fraction of sp³-hybridized carbons (Fsp3) is 0.154. The molecule has 4 aromatic rings. The zero-order valence-electron chi connectivity index (χ0n) is 16.9. The average Bonchev–Trinajstić information content (AvgIpc) is 3.30. The van der Waals surface area contributed by atoms with Gasteiger partial charge in [-0.3, -0.25) is 9.69 Å². The van der Waals surface area contributed by atoms with E-state index >= 15 is 0 Å². The number of fused-ring (bicyclic) bond motifs is 4. The van der Waals surface area contributed by atoms with Crippen LogP contribution in [-0.2, 0) is 17.8 Å². The summed E-state index contributed by atoms with van der Waals surface area (Å²) in [6.07, 6.45) is 0.660. The molecular formula is C26H21N3OS. The third kappa shape index (κ3) is 2.81. The molecule has 2 atom stereocenters. The van der Waals surface area contributed by atoms with Crippen molar-refractivity contribution < 1.29 is 4.79 Å². The Morgan fingerprint density at radius 2 is 1.58 bits per heavy atom. The number of rotatable bonds is 3. The highest BCUT2D eigenvalue weighted by molar-refractivity contribution is 7.80. The number of carbonyl (C=O) groups is 1. The van der Waals surface area contributed by atoms with E-state index in [2.05, 4.69) is 40.2 Å². The number of H-pyrrole nitrogens is 1. The lowest BCUT2D eigenvalue weighted by Crippen LogP contribution is -2.44. The molecule has 5 heteroatoms. The van der Waals surface area contributed by atoms with E-state index in [0.29, 0.717) is 18.1 Å². The minimum atomic E-state index is -0.284. The Morgan fingerprint density at radius 3 is 2.35 bits per heavy atom. The maximum atomic E-state index is 13.6. The van der Waals surface area contributed by atoms with Gasteiger partial charge in [-0.2, -0.15) is 0 Å². The van der Waals surface area contributed by atoms with Crippen LogP contribution in [0.5, 0.6) is 0 Å². The Morgan fingerprint density at radius 1 is 0.903 bits per heavy atom. The first kappa shape index (κ1) is 18.3. The molecule has 0 radical (unpaired) electrons. The largest absolute Gasteiger partial charge is 0.356 e. The second-order valence-corrected chi connectivity index (χ2v) is 8.56. The first-order valence-corrected chi connectivity index (χ1v) is 11.0. The Balaban J connectivity index is 1.49. The quantitative estimate of drug-likeness (QED) is 0.481. The molecule has 0 saturated carbocycles. The highest BCUT2D eigenvalue weighted by atomic mass is 32.1. The van der Waals surface area contributed by atoms with Crippen LogP contribution < -0.4 is 0 Å². The number of aromatic amines is 1. The summed E-state index contributed by atoms with van der Waals surface area (Å²) < 4.78 is 0. The normalized spacial score (nSPS) is 20.3. The minimum absolute atomic E-state index is 0.0886. The summed E-state index contributed by atoms with van der Waals surface area (Å²) in [7, 11) is 0. The smallest absolute Gasteiger partial charge is 0.252 e. The molecule has 1 aromatic heterocycles. The highest BCUT2D eigenvalue weighted by Gasteiger charge is 2.50. The number of aromatic nitrogens is 1. The summed E-state index contributed by atoms with van der Waals surface area (Å²) in [6, 6.07) is 28.4. The van der Waals surface area contributed by atoms with Crippen molar-refractivity contribution in [1.82, 2.24) is 14.8 Å². The maximum absolute atomic E-state index is 13.6. The van der Waals surface area contributed by atoms with Crippen LogP contribution in [0.25, 0.3) is 10.9 Å². The van der Waals surface area contributed by atoms with Gasteiger partial charge in [0.25, 0.3) is 5.91 Å². The van der Waals surface area contributed by atoms with Gasteiger partial charge in [0, 0.05) is 23.0 Å². The standard InChI is InChI=1S/C26H21N3OS/c30-25-22-15-20-19-13-7-8-14-21(19)27-23(20)24(18-11-5-2-6-12-18)29(22)26(31)28(25)16-17-9-3-1-4-10-17/h1-14,22,24,27H,15-16H2/t22-,24-/m0/s1. The van der Waals surface area contributed by atoms with Gasteiger partial charge < -0.3 is 9.88 Å². The molecule has 31 heavy (non-hydrogen) atoms. The summed E-state index contributed by atoms with van der Waals surface area (Å²) in [6.45, 7) is 0.502. The summed E-state index contributed by atoms with van der Waals surface area (Å²) in [4.78, 5) is 21.2. The van der Waals surface area contributed by atoms with Gasteiger partial charge in [0.05, 0.1) is 12.6 Å². The van der Waals surface area contributed by atoms with Gasteiger partial charge in [-0.1, -0.05) is 78.9 Å². The zero-order chi connectivity index (χ0) is 20.9. The molecule has 4 nitrogen and oxygen atoms in total. The van der Waals surface area contributed by atoms with E-state index in [1.807, 2.05) is 54.6 Å². The molecule has 3 aromatic carbocycles. The summed E-state index contributed by atoms with van der Waals surface area (Å²) >= 11 is 5.92. The molecule has 0 spiro atoms. The first-order valence-electron chi connectivity index (χ1n) is 10.5. The lowest BCUT2D eigenvalue weighted by Gasteiger charge is -2.37. The van der Waals surface area contributed by atoms with E-state index in [4.69, 9.17) is 12.2 Å². The van der Waals surface area contributed by atoms with E-state index in [1.165, 1.54) is 10.9 Å². The van der Waals surface area contributed by atoms with Crippen molar-refractivity contribution in [3.05, 3.63) is 107 Å². The van der Waals surface area contributed by atoms with Gasteiger partial charge in [-0.15, -0.1) is 0 Å². The number of para-hydroxylation sites is 1. The van der Waals surface area contributed by atoms with Crippen LogP contribution in [0.1, 0.15) is 28.4 Å². The SMILES string of the molecule is O=C1[C@@H]2Cc3c([nH]c4ccccc34)[C@H](c3ccccc3)N2C(=S)N1Cc1ccccc1. The van der Waals surface area contributed by atoms with Crippen molar-refractivity contribution in [2.75, 3.05) is 0 Å². The topological polar surface area (TPSA) is 39.3 Å². The van der Waals surface area contributed by atoms with Gasteiger partial charge in [0.15, 0.2) is 5.11 Å². The van der Waals surface area contributed by atoms with E-state index in [9.17, 15) is 4.79 Å². The fourth-order valence-electron chi connectivity index (χ4n) is 5.02. The van der Waals surface area contributed by atoms with Gasteiger partial charge in [0.1, 0.15) is 6.04 Å². The minimum Gasteiger partial charge on any atom is -0.356 e. The highest BCUT2D eigenvalue weighted by Crippen LogP contribution is 2.44. The van der Waals surface area contributed by atoms with E-state index in [0.717, 1.165) is 22.3 Å². The van der Waals surface area contributed by atoms with Crippen molar-refractivity contribution in [2.45, 2.75) is 25.0 Å². The lowest BCUT2D eigenvalue weighted by atomic mass is 9.89. The van der Waals surface area contributed by atoms with E-state index in [1.54, 1.807) is 4.90 Å². The summed E-state index contributed by atoms with van der Waals surface area (Å²) in [5, 5.41) is 1.80. The van der Waals surface area contributed by atoms with Crippen LogP contribution in [0.3, 0.4) is 0 Å². The van der Waals surface area contributed by atoms with Crippen LogP contribution in [0.4, 0.5) is 0 Å². The van der Waals surface area contributed by atoms with Gasteiger partial charge in [0.2, 0.25) is 0 Å². The summed E-state index contributed by atoms with van der Waals surface area (Å²) in [5.41, 5.74) is 5.69. The number of nitrogens with zero attached hydrogens (tertiary/aromatic N) is 2. The van der Waals surface area contributed by atoms with Crippen molar-refractivity contribution in [3.63, 3.8) is 0 Å². The predicted octanol–water partition coefficient (Wildman–Crippen LogP) is 4.81. The van der Waals surface area contributed by atoms with Gasteiger partial charge >= 0.3 is 0 Å². The molecule has 2 aliphatic rings. The molecule has 1 saturated heterocycles. The number of thiocarbonyl (C=S) groups is 1. The Hall–Kier alpha value is -3.44. The van der Waals surface area contributed by atoms with Crippen LogP contribution in [0.15, 0.2) is 84.9 Å². The molecule has 1 fully saturated rings. The van der Waals surface area contributed by atoms with Crippen molar-refractivity contribution >= 4 is 34.1 Å². The van der Waals surface area contributed by atoms with Crippen LogP contribution >= 0.6 is 12.2 Å². The van der Waals surface area contributed by atoms with Crippen molar-refractivity contribution in [2.24, 2.45) is 0 Å². The summed E-state index contributed by atoms with van der Waals surface area (Å²) in [5.74, 6) is 0.0886. The monoisotopic (exact) mass is 423 g/mol. The van der Waals surface area contributed by atoms with Gasteiger partial charge in [-0.25, -0.2) is 0 Å². The number of hydrogen-bond donors (Lipinski definition) is 1. The molecule has 152 valence electrons. The van der Waals surface area contributed by atoms with Crippen LogP contribution in [-0.4, -0.2) is 31.8 Å². The molecule has 1 amide bonds. The average molecular weight is 424 g/mol. The molecule has 0 bridgehead atoms. The van der Waals surface area contributed by atoms with Crippen LogP contribution in [0.2, 0.25) is 0 Å². The molecule has 0 aliphatic carbocycles. The molecule has 6 rings (SSSR count). The number of nitrogens with one attached hydrogen (secondary N) is 1. The fourth-order valence-corrected chi connectivity index (χ4v) is 5.41. The number of benzene rings is 3. The first-order chi connectivity index (χ1) is 15.2. The zero-order valence-corrected chi connectivity index (χ0v) is 17.7.